The fraction of sp³-hybridized carbons (Fsp3) is 0.538. The highest BCUT2D eigenvalue weighted by Crippen LogP contribution is 2.15. The van der Waals surface area contributed by atoms with Crippen molar-refractivity contribution in [2.45, 2.75) is 13.0 Å². The second kappa shape index (κ2) is 6.57. The third-order valence-corrected chi connectivity index (χ3v) is 2.69. The lowest BCUT2D eigenvalue weighted by atomic mass is 10.1. The highest BCUT2D eigenvalue weighted by molar-refractivity contribution is 5.46. The first-order valence-corrected chi connectivity index (χ1v) is 5.86. The first-order valence-electron chi connectivity index (χ1n) is 5.86. The molecule has 0 amide bonds. The van der Waals surface area contributed by atoms with Gasteiger partial charge in [0, 0.05) is 12.2 Å². The molecular formula is C13H22FN3. The molecule has 0 aliphatic rings. The van der Waals surface area contributed by atoms with Gasteiger partial charge in [0.2, 0.25) is 0 Å². The van der Waals surface area contributed by atoms with Gasteiger partial charge in [-0.25, -0.2) is 4.39 Å². The van der Waals surface area contributed by atoms with Gasteiger partial charge in [0.1, 0.15) is 5.82 Å². The summed E-state index contributed by atoms with van der Waals surface area (Å²) < 4.78 is 12.9. The van der Waals surface area contributed by atoms with Crippen LogP contribution in [-0.4, -0.2) is 44.0 Å². The van der Waals surface area contributed by atoms with Gasteiger partial charge < -0.3 is 15.5 Å². The molecule has 0 bridgehead atoms. The van der Waals surface area contributed by atoms with Gasteiger partial charge in [-0.2, -0.15) is 0 Å². The summed E-state index contributed by atoms with van der Waals surface area (Å²) in [6.07, 6.45) is 1.12. The van der Waals surface area contributed by atoms with Crippen molar-refractivity contribution in [3.05, 3.63) is 29.6 Å². The Balaban J connectivity index is 2.42. The van der Waals surface area contributed by atoms with Crippen molar-refractivity contribution in [1.29, 1.82) is 0 Å². The van der Waals surface area contributed by atoms with E-state index in [2.05, 4.69) is 30.9 Å². The number of anilines is 1. The molecule has 0 aliphatic heterocycles. The third kappa shape index (κ3) is 5.15. The number of nitrogens with two attached hydrogens (primary N) is 1. The summed E-state index contributed by atoms with van der Waals surface area (Å²) in [7, 11) is 6.19. The van der Waals surface area contributed by atoms with E-state index in [-0.39, 0.29) is 5.82 Å². The minimum absolute atomic E-state index is 0.276. The van der Waals surface area contributed by atoms with Crippen LogP contribution >= 0.6 is 0 Å². The van der Waals surface area contributed by atoms with E-state index in [1.54, 1.807) is 6.07 Å². The zero-order valence-electron chi connectivity index (χ0n) is 10.9. The van der Waals surface area contributed by atoms with E-state index >= 15 is 0 Å². The molecule has 0 saturated carbocycles. The Hall–Kier alpha value is -1.13. The molecule has 1 aromatic rings. The maximum absolute atomic E-state index is 12.9. The molecule has 0 fully saturated rings. The summed E-state index contributed by atoms with van der Waals surface area (Å²) in [6.45, 7) is 2.85. The molecule has 0 saturated heterocycles. The van der Waals surface area contributed by atoms with E-state index in [9.17, 15) is 4.39 Å². The minimum Gasteiger partial charge on any atom is -0.398 e. The standard InChI is InChI=1S/C13H22FN3/c1-16(2)7-4-8-17(3)10-11-5-6-12(14)9-13(11)15/h5-6,9H,4,7-8,10,15H2,1-3H3. The molecule has 3 nitrogen and oxygen atoms in total. The lowest BCUT2D eigenvalue weighted by Crippen LogP contribution is -2.23. The van der Waals surface area contributed by atoms with Gasteiger partial charge in [-0.05, 0) is 58.3 Å². The van der Waals surface area contributed by atoms with Crippen molar-refractivity contribution >= 4 is 5.69 Å². The van der Waals surface area contributed by atoms with Gasteiger partial charge in [0.05, 0.1) is 0 Å². The van der Waals surface area contributed by atoms with Gasteiger partial charge in [-0.15, -0.1) is 0 Å². The summed E-state index contributed by atoms with van der Waals surface area (Å²) in [5.74, 6) is -0.276. The summed E-state index contributed by atoms with van der Waals surface area (Å²) in [5, 5.41) is 0. The highest BCUT2D eigenvalue weighted by atomic mass is 19.1. The molecule has 17 heavy (non-hydrogen) atoms. The van der Waals surface area contributed by atoms with Crippen LogP contribution in [0, 0.1) is 5.82 Å². The maximum atomic E-state index is 12.9. The highest BCUT2D eigenvalue weighted by Gasteiger charge is 2.05. The first-order chi connectivity index (χ1) is 7.99. The monoisotopic (exact) mass is 239 g/mol. The summed E-state index contributed by atoms with van der Waals surface area (Å²) >= 11 is 0. The molecule has 96 valence electrons. The molecule has 1 aromatic carbocycles. The molecule has 0 radical (unpaired) electrons. The molecule has 0 aromatic heterocycles. The number of nitrogen functional groups attached to an aromatic ring is 1. The normalized spacial score (nSPS) is 11.4. The van der Waals surface area contributed by atoms with Crippen LogP contribution < -0.4 is 5.73 Å². The predicted molar refractivity (Wildman–Crippen MR) is 70.3 cm³/mol. The van der Waals surface area contributed by atoms with E-state index in [1.165, 1.54) is 12.1 Å². The van der Waals surface area contributed by atoms with Crippen LogP contribution in [0.4, 0.5) is 10.1 Å². The average Bonchev–Trinajstić information content (AvgIpc) is 2.21. The van der Waals surface area contributed by atoms with Gasteiger partial charge >= 0.3 is 0 Å². The second-order valence-electron chi connectivity index (χ2n) is 4.74. The van der Waals surface area contributed by atoms with E-state index in [0.29, 0.717) is 5.69 Å². The summed E-state index contributed by atoms with van der Waals surface area (Å²) in [5.41, 5.74) is 7.29. The van der Waals surface area contributed by atoms with Gasteiger partial charge in [-0.3, -0.25) is 0 Å². The SMILES string of the molecule is CN(C)CCCN(C)Cc1ccc(F)cc1N. The molecule has 2 N–H and O–H groups in total. The molecule has 1 rings (SSSR count). The lowest BCUT2D eigenvalue weighted by Gasteiger charge is -2.19. The Morgan fingerprint density at radius 3 is 2.47 bits per heavy atom. The van der Waals surface area contributed by atoms with Crippen LogP contribution in [-0.2, 0) is 6.54 Å². The average molecular weight is 239 g/mol. The number of nitrogens with zero attached hydrogens (tertiary/aromatic N) is 2. The smallest absolute Gasteiger partial charge is 0.125 e. The van der Waals surface area contributed by atoms with E-state index < -0.39 is 0 Å². The predicted octanol–water partition coefficient (Wildman–Crippen LogP) is 1.79. The van der Waals surface area contributed by atoms with Gasteiger partial charge in [-0.1, -0.05) is 6.07 Å². The van der Waals surface area contributed by atoms with Crippen LogP contribution in [0.15, 0.2) is 18.2 Å². The van der Waals surface area contributed by atoms with Crippen LogP contribution in [0.1, 0.15) is 12.0 Å². The Morgan fingerprint density at radius 2 is 1.88 bits per heavy atom. The van der Waals surface area contributed by atoms with E-state index in [1.807, 2.05) is 0 Å². The molecule has 0 heterocycles. The Bertz CT molecular complexity index is 353. The van der Waals surface area contributed by atoms with Crippen molar-refractivity contribution in [3.63, 3.8) is 0 Å². The topological polar surface area (TPSA) is 32.5 Å². The second-order valence-corrected chi connectivity index (χ2v) is 4.74. The number of hydrogen-bond acceptors (Lipinski definition) is 3. The fourth-order valence-electron chi connectivity index (χ4n) is 1.74. The van der Waals surface area contributed by atoms with Crippen LogP contribution in [0.3, 0.4) is 0 Å². The van der Waals surface area contributed by atoms with Crippen molar-refractivity contribution in [2.75, 3.05) is 40.0 Å². The zero-order valence-corrected chi connectivity index (χ0v) is 10.9. The van der Waals surface area contributed by atoms with Crippen molar-refractivity contribution in [2.24, 2.45) is 0 Å². The van der Waals surface area contributed by atoms with E-state index in [0.717, 1.165) is 31.6 Å². The van der Waals surface area contributed by atoms with Gasteiger partial charge in [0.15, 0.2) is 0 Å². The molecule has 0 unspecified atom stereocenters. The summed E-state index contributed by atoms with van der Waals surface area (Å²) in [6, 6.07) is 4.59. The largest absolute Gasteiger partial charge is 0.398 e. The maximum Gasteiger partial charge on any atom is 0.125 e. The molecule has 0 aliphatic carbocycles. The number of hydrogen-bond donors (Lipinski definition) is 1. The van der Waals surface area contributed by atoms with Crippen LogP contribution in [0.2, 0.25) is 0 Å². The molecule has 0 spiro atoms. The summed E-state index contributed by atoms with van der Waals surface area (Å²) in [4.78, 5) is 4.37. The molecular weight excluding hydrogens is 217 g/mol. The molecule has 4 heteroatoms. The fourth-order valence-corrected chi connectivity index (χ4v) is 1.74. The first kappa shape index (κ1) is 13.9. The van der Waals surface area contributed by atoms with Crippen LogP contribution in [0.25, 0.3) is 0 Å². The Morgan fingerprint density at radius 1 is 1.18 bits per heavy atom. The number of rotatable bonds is 6. The third-order valence-electron chi connectivity index (χ3n) is 2.69. The lowest BCUT2D eigenvalue weighted by molar-refractivity contribution is 0.295. The minimum atomic E-state index is -0.276. The van der Waals surface area contributed by atoms with E-state index in [4.69, 9.17) is 5.73 Å². The van der Waals surface area contributed by atoms with Crippen LogP contribution in [0.5, 0.6) is 0 Å². The number of benzene rings is 1. The van der Waals surface area contributed by atoms with Gasteiger partial charge in [0.25, 0.3) is 0 Å². The Labute approximate surface area is 103 Å². The van der Waals surface area contributed by atoms with Crippen molar-refractivity contribution in [1.82, 2.24) is 9.80 Å². The number of halogens is 1. The van der Waals surface area contributed by atoms with Crippen molar-refractivity contribution in [3.8, 4) is 0 Å². The Kier molecular flexibility index (Phi) is 5.38. The quantitative estimate of drug-likeness (QED) is 0.768. The van der Waals surface area contributed by atoms with Crippen molar-refractivity contribution < 1.29 is 4.39 Å². The zero-order chi connectivity index (χ0) is 12.8. The molecule has 0 atom stereocenters.